The van der Waals surface area contributed by atoms with E-state index in [1.165, 1.54) is 12.1 Å². The molecule has 0 spiro atoms. The lowest BCUT2D eigenvalue weighted by Gasteiger charge is -2.08. The van der Waals surface area contributed by atoms with Crippen LogP contribution in [-0.4, -0.2) is 5.84 Å². The van der Waals surface area contributed by atoms with Crippen LogP contribution in [0.4, 0.5) is 8.78 Å². The molecule has 0 aromatic heterocycles. The number of benzene rings is 2. The van der Waals surface area contributed by atoms with Crippen molar-refractivity contribution in [1.82, 2.24) is 0 Å². The van der Waals surface area contributed by atoms with Gasteiger partial charge in [-0.25, -0.2) is 4.39 Å². The Bertz CT molecular complexity index is 614. The van der Waals surface area contributed by atoms with Gasteiger partial charge in [-0.2, -0.15) is 4.39 Å². The van der Waals surface area contributed by atoms with Crippen LogP contribution < -0.4 is 10.5 Å². The van der Waals surface area contributed by atoms with Crippen molar-refractivity contribution in [1.29, 1.82) is 5.41 Å². The maximum Gasteiger partial charge on any atom is 0.200 e. The van der Waals surface area contributed by atoms with Gasteiger partial charge in [-0.1, -0.05) is 24.3 Å². The van der Waals surface area contributed by atoms with E-state index in [-0.39, 0.29) is 18.2 Å². The first-order chi connectivity index (χ1) is 9.08. The summed E-state index contributed by atoms with van der Waals surface area (Å²) < 4.78 is 31.5. The van der Waals surface area contributed by atoms with Crippen LogP contribution in [0.5, 0.6) is 5.75 Å². The summed E-state index contributed by atoms with van der Waals surface area (Å²) >= 11 is 0. The Morgan fingerprint density at radius 1 is 1.16 bits per heavy atom. The van der Waals surface area contributed by atoms with Gasteiger partial charge in [0, 0.05) is 5.56 Å². The van der Waals surface area contributed by atoms with Crippen LogP contribution in [0.15, 0.2) is 42.5 Å². The molecular formula is C14H12F2N2O. The lowest BCUT2D eigenvalue weighted by atomic mass is 10.1. The number of rotatable bonds is 4. The van der Waals surface area contributed by atoms with Crippen molar-refractivity contribution in [2.75, 3.05) is 0 Å². The molecule has 0 aliphatic heterocycles. The number of amidine groups is 1. The molecule has 5 heteroatoms. The smallest absolute Gasteiger partial charge is 0.200 e. The molecule has 0 unspecified atom stereocenters. The summed E-state index contributed by atoms with van der Waals surface area (Å²) in [6.07, 6.45) is 0. The van der Waals surface area contributed by atoms with Gasteiger partial charge >= 0.3 is 0 Å². The Labute approximate surface area is 109 Å². The Balaban J connectivity index is 2.12. The SMILES string of the molecule is N=C(N)c1cccc(COc2cccc(F)c2F)c1. The van der Waals surface area contributed by atoms with Gasteiger partial charge in [-0.05, 0) is 23.8 Å². The van der Waals surface area contributed by atoms with Gasteiger partial charge in [0.15, 0.2) is 11.6 Å². The first-order valence-electron chi connectivity index (χ1n) is 5.58. The van der Waals surface area contributed by atoms with E-state index >= 15 is 0 Å². The third kappa shape index (κ3) is 3.07. The Hall–Kier alpha value is -2.43. The van der Waals surface area contributed by atoms with E-state index < -0.39 is 11.6 Å². The minimum Gasteiger partial charge on any atom is -0.486 e. The molecule has 0 amide bonds. The van der Waals surface area contributed by atoms with Crippen LogP contribution in [0.25, 0.3) is 0 Å². The highest BCUT2D eigenvalue weighted by atomic mass is 19.2. The standard InChI is InChI=1S/C14H12F2N2O/c15-11-5-2-6-12(13(11)16)19-8-9-3-1-4-10(7-9)14(17)18/h1-7H,8H2,(H3,17,18). The molecule has 0 saturated carbocycles. The predicted octanol–water partition coefficient (Wildman–Crippen LogP) is 2.83. The molecule has 3 N–H and O–H groups in total. The highest BCUT2D eigenvalue weighted by Crippen LogP contribution is 2.20. The zero-order chi connectivity index (χ0) is 13.8. The van der Waals surface area contributed by atoms with Crippen molar-refractivity contribution in [3.05, 3.63) is 65.2 Å². The fourth-order valence-electron chi connectivity index (χ4n) is 1.59. The minimum atomic E-state index is -1.01. The molecule has 98 valence electrons. The number of halogens is 2. The molecule has 0 aliphatic rings. The topological polar surface area (TPSA) is 59.1 Å². The van der Waals surface area contributed by atoms with Gasteiger partial charge in [0.2, 0.25) is 5.82 Å². The second-order valence-corrected chi connectivity index (χ2v) is 3.95. The summed E-state index contributed by atoms with van der Waals surface area (Å²) in [5.41, 5.74) is 6.64. The second-order valence-electron chi connectivity index (χ2n) is 3.95. The zero-order valence-corrected chi connectivity index (χ0v) is 9.99. The summed E-state index contributed by atoms with van der Waals surface area (Å²) in [5.74, 6) is -2.16. The first-order valence-corrected chi connectivity index (χ1v) is 5.58. The van der Waals surface area contributed by atoms with Crippen molar-refractivity contribution < 1.29 is 13.5 Å². The highest BCUT2D eigenvalue weighted by Gasteiger charge is 2.08. The first kappa shape index (κ1) is 13.0. The fraction of sp³-hybridized carbons (Fsp3) is 0.0714. The number of hydrogen-bond acceptors (Lipinski definition) is 2. The van der Waals surface area contributed by atoms with E-state index in [1.54, 1.807) is 24.3 Å². The van der Waals surface area contributed by atoms with Crippen molar-refractivity contribution in [3.8, 4) is 5.75 Å². The Morgan fingerprint density at radius 2 is 1.89 bits per heavy atom. The van der Waals surface area contributed by atoms with E-state index in [2.05, 4.69) is 0 Å². The molecule has 0 saturated heterocycles. The Morgan fingerprint density at radius 3 is 2.63 bits per heavy atom. The molecule has 2 aromatic rings. The van der Waals surface area contributed by atoms with Gasteiger partial charge in [-0.15, -0.1) is 0 Å². The van der Waals surface area contributed by atoms with Crippen LogP contribution in [0, 0.1) is 17.0 Å². The van der Waals surface area contributed by atoms with Gasteiger partial charge in [0.1, 0.15) is 12.4 Å². The molecule has 0 radical (unpaired) electrons. The van der Waals surface area contributed by atoms with Crippen molar-refractivity contribution in [2.45, 2.75) is 6.61 Å². The predicted molar refractivity (Wildman–Crippen MR) is 68.1 cm³/mol. The lowest BCUT2D eigenvalue weighted by Crippen LogP contribution is -2.11. The molecule has 2 aromatic carbocycles. The third-order valence-corrected chi connectivity index (χ3v) is 2.55. The fourth-order valence-corrected chi connectivity index (χ4v) is 1.59. The van der Waals surface area contributed by atoms with E-state index in [0.29, 0.717) is 5.56 Å². The maximum absolute atomic E-state index is 13.4. The molecular weight excluding hydrogens is 250 g/mol. The summed E-state index contributed by atoms with van der Waals surface area (Å²) in [5, 5.41) is 7.32. The summed E-state index contributed by atoms with van der Waals surface area (Å²) in [6, 6.07) is 10.6. The highest BCUT2D eigenvalue weighted by molar-refractivity contribution is 5.95. The summed E-state index contributed by atoms with van der Waals surface area (Å²) in [7, 11) is 0. The van der Waals surface area contributed by atoms with Gasteiger partial charge in [0.05, 0.1) is 0 Å². The molecule has 0 aliphatic carbocycles. The van der Waals surface area contributed by atoms with Crippen molar-refractivity contribution in [2.24, 2.45) is 5.73 Å². The quantitative estimate of drug-likeness (QED) is 0.657. The number of ether oxygens (including phenoxy) is 1. The lowest BCUT2D eigenvalue weighted by molar-refractivity contribution is 0.284. The number of nitrogens with one attached hydrogen (secondary N) is 1. The van der Waals surface area contributed by atoms with Crippen LogP contribution in [0.1, 0.15) is 11.1 Å². The molecule has 0 bridgehead atoms. The normalized spacial score (nSPS) is 10.2. The van der Waals surface area contributed by atoms with Crippen LogP contribution in [0.3, 0.4) is 0 Å². The van der Waals surface area contributed by atoms with Crippen molar-refractivity contribution >= 4 is 5.84 Å². The largest absolute Gasteiger partial charge is 0.486 e. The zero-order valence-electron chi connectivity index (χ0n) is 9.99. The van der Waals surface area contributed by atoms with Crippen LogP contribution in [0.2, 0.25) is 0 Å². The van der Waals surface area contributed by atoms with E-state index in [0.717, 1.165) is 11.6 Å². The third-order valence-electron chi connectivity index (χ3n) is 2.55. The molecule has 2 rings (SSSR count). The van der Waals surface area contributed by atoms with E-state index in [9.17, 15) is 8.78 Å². The average molecular weight is 262 g/mol. The average Bonchev–Trinajstić information content (AvgIpc) is 2.41. The van der Waals surface area contributed by atoms with Crippen LogP contribution in [-0.2, 0) is 6.61 Å². The molecule has 0 fully saturated rings. The van der Waals surface area contributed by atoms with E-state index in [4.69, 9.17) is 15.9 Å². The van der Waals surface area contributed by atoms with Gasteiger partial charge in [-0.3, -0.25) is 5.41 Å². The molecule has 3 nitrogen and oxygen atoms in total. The maximum atomic E-state index is 13.4. The molecule has 0 heterocycles. The van der Waals surface area contributed by atoms with Crippen molar-refractivity contribution in [3.63, 3.8) is 0 Å². The van der Waals surface area contributed by atoms with Crippen LogP contribution >= 0.6 is 0 Å². The number of nitrogen functional groups attached to an aromatic ring is 1. The number of hydrogen-bond donors (Lipinski definition) is 2. The van der Waals surface area contributed by atoms with Gasteiger partial charge in [0.25, 0.3) is 0 Å². The molecule has 0 atom stereocenters. The molecule has 19 heavy (non-hydrogen) atoms. The summed E-state index contributed by atoms with van der Waals surface area (Å²) in [6.45, 7) is 0.0709. The minimum absolute atomic E-state index is 0.0567. The summed E-state index contributed by atoms with van der Waals surface area (Å²) in [4.78, 5) is 0. The van der Waals surface area contributed by atoms with Gasteiger partial charge < -0.3 is 10.5 Å². The Kier molecular flexibility index (Phi) is 3.75. The second kappa shape index (κ2) is 5.48. The monoisotopic (exact) mass is 262 g/mol. The number of nitrogens with two attached hydrogens (primary N) is 1. The van der Waals surface area contributed by atoms with E-state index in [1.807, 2.05) is 0 Å².